The first kappa shape index (κ1) is 8.68. The summed E-state index contributed by atoms with van der Waals surface area (Å²) in [6, 6.07) is 2.73. The van der Waals surface area contributed by atoms with Crippen molar-refractivity contribution in [2.75, 3.05) is 0 Å². The molecule has 1 heterocycles. The maximum absolute atomic E-state index is 13.1. The number of halogens is 2. The smallest absolute Gasteiger partial charge is 0.290 e. The van der Waals surface area contributed by atoms with E-state index in [9.17, 15) is 13.6 Å². The van der Waals surface area contributed by atoms with Crippen LogP contribution in [0.5, 0.6) is 5.75 Å². The summed E-state index contributed by atoms with van der Waals surface area (Å²) in [7, 11) is 0. The average molecular weight is 197 g/mol. The van der Waals surface area contributed by atoms with Crippen molar-refractivity contribution in [3.05, 3.63) is 40.2 Å². The van der Waals surface area contributed by atoms with Crippen molar-refractivity contribution in [3.63, 3.8) is 0 Å². The van der Waals surface area contributed by atoms with E-state index in [2.05, 4.69) is 0 Å². The van der Waals surface area contributed by atoms with Crippen LogP contribution in [0.2, 0.25) is 0 Å². The monoisotopic (exact) mass is 197 g/mol. The van der Waals surface area contributed by atoms with E-state index in [0.29, 0.717) is 0 Å². The van der Waals surface area contributed by atoms with Gasteiger partial charge in [0.1, 0.15) is 11.6 Å². The van der Waals surface area contributed by atoms with Gasteiger partial charge in [0.15, 0.2) is 5.75 Å². The maximum atomic E-state index is 13.1. The predicted octanol–water partition coefficient (Wildman–Crippen LogP) is 1.51. The molecule has 1 aromatic carbocycles. The molecule has 2 rings (SSSR count). The second kappa shape index (κ2) is 2.80. The topological polar surface area (TPSA) is 53.1 Å². The molecule has 0 amide bonds. The zero-order valence-electron chi connectivity index (χ0n) is 6.84. The number of aromatic hydroxyl groups is 1. The molecule has 0 fully saturated rings. The fourth-order valence-corrected chi connectivity index (χ4v) is 1.22. The Labute approximate surface area is 76.6 Å². The molecule has 3 nitrogen and oxygen atoms in total. The highest BCUT2D eigenvalue weighted by molar-refractivity contribution is 5.80. The van der Waals surface area contributed by atoms with Gasteiger partial charge in [0.2, 0.25) is 0 Å². The SMILES string of the molecule is O=c1[nH]c2c(F)ccc(F)c2cc1O. The molecule has 0 radical (unpaired) electrons. The zero-order valence-corrected chi connectivity index (χ0v) is 6.84. The molecule has 0 saturated heterocycles. The number of aromatic nitrogens is 1. The minimum Gasteiger partial charge on any atom is -0.503 e. The Bertz CT molecular complexity index is 562. The largest absolute Gasteiger partial charge is 0.503 e. The van der Waals surface area contributed by atoms with Gasteiger partial charge in [-0.05, 0) is 18.2 Å². The molecule has 14 heavy (non-hydrogen) atoms. The summed E-state index contributed by atoms with van der Waals surface area (Å²) < 4.78 is 26.1. The van der Waals surface area contributed by atoms with Crippen molar-refractivity contribution < 1.29 is 13.9 Å². The van der Waals surface area contributed by atoms with E-state index in [1.54, 1.807) is 0 Å². The Morgan fingerprint density at radius 2 is 1.86 bits per heavy atom. The molecule has 0 bridgehead atoms. The fourth-order valence-electron chi connectivity index (χ4n) is 1.22. The van der Waals surface area contributed by atoms with Gasteiger partial charge in [0, 0.05) is 5.39 Å². The summed E-state index contributed by atoms with van der Waals surface area (Å²) in [4.78, 5) is 12.9. The van der Waals surface area contributed by atoms with Gasteiger partial charge in [0.25, 0.3) is 5.56 Å². The molecule has 0 spiro atoms. The van der Waals surface area contributed by atoms with E-state index < -0.39 is 22.9 Å². The number of nitrogens with one attached hydrogen (secondary N) is 1. The van der Waals surface area contributed by atoms with Gasteiger partial charge >= 0.3 is 0 Å². The van der Waals surface area contributed by atoms with Gasteiger partial charge in [-0.25, -0.2) is 8.78 Å². The van der Waals surface area contributed by atoms with Crippen LogP contribution < -0.4 is 5.56 Å². The first-order valence-corrected chi connectivity index (χ1v) is 3.79. The third kappa shape index (κ3) is 1.14. The number of hydrogen-bond donors (Lipinski definition) is 2. The number of fused-ring (bicyclic) bond motifs is 1. The number of rotatable bonds is 0. The molecule has 72 valence electrons. The molecule has 0 saturated carbocycles. The number of pyridine rings is 1. The Kier molecular flexibility index (Phi) is 1.73. The molecule has 0 aliphatic rings. The third-order valence-corrected chi connectivity index (χ3v) is 1.89. The number of H-pyrrole nitrogens is 1. The number of hydrogen-bond acceptors (Lipinski definition) is 2. The highest BCUT2D eigenvalue weighted by Crippen LogP contribution is 2.19. The zero-order chi connectivity index (χ0) is 10.3. The molecule has 5 heteroatoms. The quantitative estimate of drug-likeness (QED) is 0.672. The van der Waals surface area contributed by atoms with Crippen LogP contribution >= 0.6 is 0 Å². The Morgan fingerprint density at radius 3 is 2.57 bits per heavy atom. The summed E-state index contributed by atoms with van der Waals surface area (Å²) in [5.41, 5.74) is -1.09. The van der Waals surface area contributed by atoms with Crippen LogP contribution in [0, 0.1) is 11.6 Å². The van der Waals surface area contributed by atoms with Gasteiger partial charge in [0.05, 0.1) is 5.52 Å². The van der Waals surface area contributed by atoms with E-state index in [1.165, 1.54) is 0 Å². The Hall–Kier alpha value is -1.91. The lowest BCUT2D eigenvalue weighted by molar-refractivity contribution is 0.467. The lowest BCUT2D eigenvalue weighted by Gasteiger charge is -2.00. The van der Waals surface area contributed by atoms with Gasteiger partial charge < -0.3 is 10.1 Å². The molecule has 0 aliphatic carbocycles. The Morgan fingerprint density at radius 1 is 1.21 bits per heavy atom. The summed E-state index contributed by atoms with van der Waals surface area (Å²) in [5.74, 6) is -2.08. The van der Waals surface area contributed by atoms with Crippen LogP contribution in [0.3, 0.4) is 0 Å². The molecule has 0 aliphatic heterocycles. The van der Waals surface area contributed by atoms with Crippen molar-refractivity contribution >= 4 is 10.9 Å². The predicted molar refractivity (Wildman–Crippen MR) is 46.1 cm³/mol. The molecule has 0 atom stereocenters. The molecule has 2 N–H and O–H groups in total. The summed E-state index contributed by atoms with van der Waals surface area (Å²) in [6.07, 6.45) is 0. The third-order valence-electron chi connectivity index (χ3n) is 1.89. The first-order valence-electron chi connectivity index (χ1n) is 3.79. The van der Waals surface area contributed by atoms with Crippen LogP contribution in [0.15, 0.2) is 23.0 Å². The number of benzene rings is 1. The second-order valence-electron chi connectivity index (χ2n) is 2.80. The van der Waals surface area contributed by atoms with Crippen LogP contribution in [0.1, 0.15) is 0 Å². The Balaban J connectivity index is 3.01. The summed E-state index contributed by atoms with van der Waals surface area (Å²) in [6.45, 7) is 0. The van der Waals surface area contributed by atoms with Crippen molar-refractivity contribution in [1.29, 1.82) is 0 Å². The molecule has 2 aromatic rings. The molecular weight excluding hydrogens is 192 g/mol. The van der Waals surface area contributed by atoms with Gasteiger partial charge in [-0.1, -0.05) is 0 Å². The summed E-state index contributed by atoms with van der Waals surface area (Å²) >= 11 is 0. The lowest BCUT2D eigenvalue weighted by atomic mass is 10.2. The molecule has 1 aromatic heterocycles. The minimum absolute atomic E-state index is 0.151. The lowest BCUT2D eigenvalue weighted by Crippen LogP contribution is -2.06. The van der Waals surface area contributed by atoms with E-state index in [-0.39, 0.29) is 10.9 Å². The average Bonchev–Trinajstić information content (AvgIpc) is 2.15. The van der Waals surface area contributed by atoms with Crippen molar-refractivity contribution in [3.8, 4) is 5.75 Å². The van der Waals surface area contributed by atoms with Gasteiger partial charge in [-0.3, -0.25) is 4.79 Å². The highest BCUT2D eigenvalue weighted by atomic mass is 19.1. The van der Waals surface area contributed by atoms with Crippen LogP contribution in [0.25, 0.3) is 10.9 Å². The minimum atomic E-state index is -0.845. The van der Waals surface area contributed by atoms with E-state index in [0.717, 1.165) is 18.2 Å². The number of aromatic amines is 1. The normalized spacial score (nSPS) is 10.7. The fraction of sp³-hybridized carbons (Fsp3) is 0. The van der Waals surface area contributed by atoms with Gasteiger partial charge in [-0.2, -0.15) is 0 Å². The highest BCUT2D eigenvalue weighted by Gasteiger charge is 2.08. The first-order chi connectivity index (χ1) is 6.59. The van der Waals surface area contributed by atoms with Crippen molar-refractivity contribution in [1.82, 2.24) is 4.98 Å². The van der Waals surface area contributed by atoms with Gasteiger partial charge in [-0.15, -0.1) is 0 Å². The summed E-state index contributed by atoms with van der Waals surface area (Å²) in [5, 5.41) is 8.85. The van der Waals surface area contributed by atoms with Crippen LogP contribution in [0.4, 0.5) is 8.78 Å². The standard InChI is InChI=1S/C9H5F2NO2/c10-5-1-2-6(11)8-4(5)3-7(13)9(14)12-8/h1-3,13H,(H,12,14). The van der Waals surface area contributed by atoms with Crippen LogP contribution in [-0.2, 0) is 0 Å². The van der Waals surface area contributed by atoms with Crippen molar-refractivity contribution in [2.45, 2.75) is 0 Å². The molecular formula is C9H5F2NO2. The maximum Gasteiger partial charge on any atom is 0.290 e. The van der Waals surface area contributed by atoms with Crippen molar-refractivity contribution in [2.24, 2.45) is 0 Å². The van der Waals surface area contributed by atoms with E-state index in [4.69, 9.17) is 5.11 Å². The second-order valence-corrected chi connectivity index (χ2v) is 2.80. The molecule has 0 unspecified atom stereocenters. The van der Waals surface area contributed by atoms with E-state index in [1.807, 2.05) is 4.98 Å². The van der Waals surface area contributed by atoms with E-state index >= 15 is 0 Å². The van der Waals surface area contributed by atoms with Crippen LogP contribution in [-0.4, -0.2) is 10.1 Å².